The average Bonchev–Trinajstić information content (AvgIpc) is 1.83. The Kier molecular flexibility index (Phi) is 5.56. The Morgan fingerprint density at radius 2 is 2.12 bits per heavy atom. The molecule has 0 spiro atoms. The Hall–Kier alpha value is 0.250. The van der Waals surface area contributed by atoms with Crippen molar-refractivity contribution in [3.05, 3.63) is 0 Å². The normalized spacial score (nSPS) is 13.9. The van der Waals surface area contributed by atoms with E-state index in [2.05, 4.69) is 6.92 Å². The van der Waals surface area contributed by atoms with Crippen LogP contribution in [0.4, 0.5) is 0 Å². The van der Waals surface area contributed by atoms with Crippen molar-refractivity contribution in [2.24, 2.45) is 0 Å². The molecule has 2 heteroatoms. The van der Waals surface area contributed by atoms with Gasteiger partial charge < -0.3 is 4.74 Å². The van der Waals surface area contributed by atoms with Crippen molar-refractivity contribution in [2.75, 3.05) is 6.61 Å². The summed E-state index contributed by atoms with van der Waals surface area (Å²) >= 11 is 5.62. The van der Waals surface area contributed by atoms with Gasteiger partial charge in [0, 0.05) is 6.61 Å². The minimum absolute atomic E-state index is 0.0741. The molecule has 0 aliphatic carbocycles. The van der Waals surface area contributed by atoms with E-state index in [9.17, 15) is 0 Å². The van der Waals surface area contributed by atoms with Crippen LogP contribution in [0.3, 0.4) is 0 Å². The summed E-state index contributed by atoms with van der Waals surface area (Å²) in [6, 6.07) is 0. The van der Waals surface area contributed by atoms with Crippen LogP contribution in [-0.4, -0.2) is 12.2 Å². The van der Waals surface area contributed by atoms with Crippen LogP contribution in [0.5, 0.6) is 0 Å². The Labute approximate surface area is 56.0 Å². The second kappa shape index (κ2) is 5.39. The monoisotopic (exact) mass is 136 g/mol. The smallest absolute Gasteiger partial charge is 0.130 e. The zero-order valence-corrected chi connectivity index (χ0v) is 6.24. The lowest BCUT2D eigenvalue weighted by molar-refractivity contribution is 0.106. The standard InChI is InChI=1S/C6H13ClO/c1-3-5-8-6(7)4-2/h6H,3-5H2,1-2H3. The summed E-state index contributed by atoms with van der Waals surface area (Å²) in [5, 5.41) is 0. The highest BCUT2D eigenvalue weighted by molar-refractivity contribution is 6.19. The van der Waals surface area contributed by atoms with Gasteiger partial charge in [0.2, 0.25) is 0 Å². The van der Waals surface area contributed by atoms with E-state index in [1.807, 2.05) is 6.92 Å². The summed E-state index contributed by atoms with van der Waals surface area (Å²) in [6.07, 6.45) is 1.94. The highest BCUT2D eigenvalue weighted by atomic mass is 35.5. The van der Waals surface area contributed by atoms with E-state index in [1.165, 1.54) is 0 Å². The minimum Gasteiger partial charge on any atom is -0.363 e. The van der Waals surface area contributed by atoms with Gasteiger partial charge in [0.25, 0.3) is 0 Å². The van der Waals surface area contributed by atoms with Gasteiger partial charge in [0.1, 0.15) is 5.56 Å². The Balaban J connectivity index is 2.86. The van der Waals surface area contributed by atoms with E-state index in [0.717, 1.165) is 19.4 Å². The number of hydrogen-bond acceptors (Lipinski definition) is 1. The maximum Gasteiger partial charge on any atom is 0.130 e. The van der Waals surface area contributed by atoms with E-state index in [0.29, 0.717) is 0 Å². The van der Waals surface area contributed by atoms with Gasteiger partial charge in [0.05, 0.1) is 0 Å². The first-order valence-electron chi connectivity index (χ1n) is 3.07. The molecule has 0 bridgehead atoms. The molecule has 1 nitrogen and oxygen atoms in total. The summed E-state index contributed by atoms with van der Waals surface area (Å²) in [6.45, 7) is 4.86. The number of halogens is 1. The number of ether oxygens (including phenoxy) is 1. The predicted molar refractivity (Wildman–Crippen MR) is 36.2 cm³/mol. The molecule has 0 saturated heterocycles. The van der Waals surface area contributed by atoms with Gasteiger partial charge >= 0.3 is 0 Å². The quantitative estimate of drug-likeness (QED) is 0.540. The Bertz CT molecular complexity index is 47.8. The third-order valence-corrected chi connectivity index (χ3v) is 1.26. The van der Waals surface area contributed by atoms with Gasteiger partial charge in [-0.15, -0.1) is 0 Å². The fourth-order valence-electron chi connectivity index (χ4n) is 0.364. The molecule has 0 rings (SSSR count). The van der Waals surface area contributed by atoms with Crippen LogP contribution in [0, 0.1) is 0 Å². The molecule has 0 aliphatic rings. The first kappa shape index (κ1) is 8.25. The molecule has 0 radical (unpaired) electrons. The van der Waals surface area contributed by atoms with E-state index in [4.69, 9.17) is 16.3 Å². The van der Waals surface area contributed by atoms with Crippen molar-refractivity contribution < 1.29 is 4.74 Å². The topological polar surface area (TPSA) is 9.23 Å². The lowest BCUT2D eigenvalue weighted by Crippen LogP contribution is -2.03. The first-order valence-corrected chi connectivity index (χ1v) is 3.50. The maximum absolute atomic E-state index is 5.62. The average molecular weight is 137 g/mol. The zero-order chi connectivity index (χ0) is 6.41. The van der Waals surface area contributed by atoms with Crippen LogP contribution in [0.15, 0.2) is 0 Å². The van der Waals surface area contributed by atoms with Crippen LogP contribution < -0.4 is 0 Å². The van der Waals surface area contributed by atoms with Crippen molar-refractivity contribution in [1.29, 1.82) is 0 Å². The van der Waals surface area contributed by atoms with Crippen molar-refractivity contribution in [3.8, 4) is 0 Å². The van der Waals surface area contributed by atoms with Gasteiger partial charge in [-0.25, -0.2) is 0 Å². The maximum atomic E-state index is 5.62. The minimum atomic E-state index is -0.0741. The van der Waals surface area contributed by atoms with Crippen LogP contribution in [0.2, 0.25) is 0 Å². The SMILES string of the molecule is CCCOC(Cl)CC. The van der Waals surface area contributed by atoms with Gasteiger partial charge in [-0.2, -0.15) is 0 Å². The molecule has 8 heavy (non-hydrogen) atoms. The Morgan fingerprint density at radius 1 is 1.50 bits per heavy atom. The number of rotatable bonds is 4. The van der Waals surface area contributed by atoms with E-state index in [1.54, 1.807) is 0 Å². The van der Waals surface area contributed by atoms with Crippen molar-refractivity contribution in [3.63, 3.8) is 0 Å². The molecule has 50 valence electrons. The van der Waals surface area contributed by atoms with E-state index < -0.39 is 0 Å². The molecule has 0 aromatic rings. The summed E-state index contributed by atoms with van der Waals surface area (Å²) < 4.78 is 5.11. The molecule has 0 aromatic heterocycles. The third kappa shape index (κ3) is 4.41. The molecular formula is C6H13ClO. The first-order chi connectivity index (χ1) is 3.81. The molecule has 1 unspecified atom stereocenters. The van der Waals surface area contributed by atoms with Crippen LogP contribution in [0.25, 0.3) is 0 Å². The predicted octanol–water partition coefficient (Wildman–Crippen LogP) is 2.39. The lowest BCUT2D eigenvalue weighted by atomic mass is 10.5. The highest BCUT2D eigenvalue weighted by Gasteiger charge is 1.96. The van der Waals surface area contributed by atoms with Gasteiger partial charge in [0.15, 0.2) is 0 Å². The lowest BCUT2D eigenvalue weighted by Gasteiger charge is -2.05. The largest absolute Gasteiger partial charge is 0.363 e. The number of alkyl halides is 1. The second-order valence-electron chi connectivity index (χ2n) is 1.69. The molecule has 1 atom stereocenters. The summed E-state index contributed by atoms with van der Waals surface area (Å²) in [7, 11) is 0. The second-order valence-corrected chi connectivity index (χ2v) is 2.18. The fraction of sp³-hybridized carbons (Fsp3) is 1.00. The number of hydrogen-bond donors (Lipinski definition) is 0. The van der Waals surface area contributed by atoms with Gasteiger partial charge in [-0.05, 0) is 12.8 Å². The van der Waals surface area contributed by atoms with E-state index >= 15 is 0 Å². The molecular weight excluding hydrogens is 124 g/mol. The van der Waals surface area contributed by atoms with Gasteiger partial charge in [-0.3, -0.25) is 0 Å². The van der Waals surface area contributed by atoms with Crippen LogP contribution >= 0.6 is 11.6 Å². The highest BCUT2D eigenvalue weighted by Crippen LogP contribution is 2.02. The van der Waals surface area contributed by atoms with Gasteiger partial charge in [-0.1, -0.05) is 25.4 Å². The Morgan fingerprint density at radius 3 is 2.50 bits per heavy atom. The molecule has 0 N–H and O–H groups in total. The van der Waals surface area contributed by atoms with E-state index in [-0.39, 0.29) is 5.56 Å². The third-order valence-electron chi connectivity index (χ3n) is 0.824. The molecule has 0 aliphatic heterocycles. The summed E-state index contributed by atoms with van der Waals surface area (Å²) in [5.74, 6) is 0. The fourth-order valence-corrected chi connectivity index (χ4v) is 0.453. The zero-order valence-electron chi connectivity index (χ0n) is 5.48. The van der Waals surface area contributed by atoms with Crippen LogP contribution in [-0.2, 0) is 4.74 Å². The summed E-state index contributed by atoms with van der Waals surface area (Å²) in [5.41, 5.74) is -0.0741. The molecule has 0 fully saturated rings. The molecule has 0 aromatic carbocycles. The molecule has 0 saturated carbocycles. The van der Waals surface area contributed by atoms with Crippen LogP contribution in [0.1, 0.15) is 26.7 Å². The summed E-state index contributed by atoms with van der Waals surface area (Å²) in [4.78, 5) is 0. The van der Waals surface area contributed by atoms with Crippen molar-refractivity contribution >= 4 is 11.6 Å². The molecule has 0 heterocycles. The van der Waals surface area contributed by atoms with Crippen molar-refractivity contribution in [1.82, 2.24) is 0 Å². The van der Waals surface area contributed by atoms with Crippen molar-refractivity contribution in [2.45, 2.75) is 32.3 Å². The molecule has 0 amide bonds.